The third kappa shape index (κ3) is 4.68. The second-order valence-electron chi connectivity index (χ2n) is 5.87. The topological polar surface area (TPSA) is 37.4 Å². The molecule has 0 radical (unpaired) electrons. The van der Waals surface area contributed by atoms with Crippen LogP contribution in [-0.2, 0) is 4.74 Å². The maximum Gasteiger partial charge on any atom is 0.0750 e. The molecule has 118 valence electrons. The molecular formula is C17H29N3O. The van der Waals surface area contributed by atoms with Gasteiger partial charge in [0.1, 0.15) is 0 Å². The molecule has 2 atom stereocenters. The fourth-order valence-electron chi connectivity index (χ4n) is 2.81. The summed E-state index contributed by atoms with van der Waals surface area (Å²) >= 11 is 0. The average molecular weight is 291 g/mol. The maximum atomic E-state index is 5.70. The molecule has 2 unspecified atom stereocenters. The van der Waals surface area contributed by atoms with Crippen LogP contribution in [0.3, 0.4) is 0 Å². The van der Waals surface area contributed by atoms with E-state index in [4.69, 9.17) is 4.74 Å². The van der Waals surface area contributed by atoms with Gasteiger partial charge in [-0.25, -0.2) is 0 Å². The van der Waals surface area contributed by atoms with E-state index < -0.39 is 0 Å². The van der Waals surface area contributed by atoms with Gasteiger partial charge in [0.15, 0.2) is 0 Å². The van der Waals surface area contributed by atoms with Gasteiger partial charge in [0.25, 0.3) is 0 Å². The van der Waals surface area contributed by atoms with Crippen molar-refractivity contribution in [1.82, 2.24) is 10.3 Å². The number of likely N-dealkylation sites (N-methyl/N-ethyl adjacent to an activating group) is 1. The zero-order valence-corrected chi connectivity index (χ0v) is 13.6. The molecule has 1 fully saturated rings. The van der Waals surface area contributed by atoms with Crippen molar-refractivity contribution in [3.05, 3.63) is 24.0 Å². The van der Waals surface area contributed by atoms with Gasteiger partial charge < -0.3 is 15.0 Å². The predicted octanol–water partition coefficient (Wildman–Crippen LogP) is 3.15. The molecule has 1 aromatic heterocycles. The summed E-state index contributed by atoms with van der Waals surface area (Å²) < 4.78 is 5.70. The Morgan fingerprint density at radius 2 is 2.29 bits per heavy atom. The minimum absolute atomic E-state index is 0.363. The second-order valence-corrected chi connectivity index (χ2v) is 5.87. The number of nitrogens with zero attached hydrogens (tertiary/aromatic N) is 2. The molecule has 1 aliphatic heterocycles. The molecule has 0 saturated carbocycles. The number of pyridine rings is 1. The summed E-state index contributed by atoms with van der Waals surface area (Å²) in [7, 11) is 2.12. The van der Waals surface area contributed by atoms with E-state index in [2.05, 4.69) is 48.2 Å². The Hall–Kier alpha value is -1.13. The molecule has 1 aromatic rings. The maximum absolute atomic E-state index is 5.70. The van der Waals surface area contributed by atoms with Crippen LogP contribution >= 0.6 is 0 Å². The summed E-state index contributed by atoms with van der Waals surface area (Å²) in [5.41, 5.74) is 2.31. The fourth-order valence-corrected chi connectivity index (χ4v) is 2.81. The first-order valence-corrected chi connectivity index (χ1v) is 8.26. The largest absolute Gasteiger partial charge is 0.376 e. The molecule has 0 aromatic carbocycles. The first-order chi connectivity index (χ1) is 10.2. The van der Waals surface area contributed by atoms with Crippen LogP contribution in [0.1, 0.15) is 51.3 Å². The smallest absolute Gasteiger partial charge is 0.0750 e. The number of hydrogen-bond acceptors (Lipinski definition) is 4. The normalized spacial score (nSPS) is 19.7. The molecule has 4 nitrogen and oxygen atoms in total. The highest BCUT2D eigenvalue weighted by Crippen LogP contribution is 2.20. The van der Waals surface area contributed by atoms with Gasteiger partial charge in [-0.2, -0.15) is 0 Å². The van der Waals surface area contributed by atoms with E-state index in [1.54, 1.807) is 0 Å². The van der Waals surface area contributed by atoms with Crippen molar-refractivity contribution in [3.63, 3.8) is 0 Å². The summed E-state index contributed by atoms with van der Waals surface area (Å²) in [4.78, 5) is 6.90. The molecule has 0 bridgehead atoms. The van der Waals surface area contributed by atoms with E-state index >= 15 is 0 Å². The van der Waals surface area contributed by atoms with Crippen molar-refractivity contribution < 1.29 is 4.74 Å². The highest BCUT2D eigenvalue weighted by Gasteiger charge is 2.18. The van der Waals surface area contributed by atoms with Crippen molar-refractivity contribution in [1.29, 1.82) is 0 Å². The van der Waals surface area contributed by atoms with E-state index in [1.165, 1.54) is 18.5 Å². The molecule has 0 spiro atoms. The predicted molar refractivity (Wildman–Crippen MR) is 87.8 cm³/mol. The molecule has 0 aliphatic carbocycles. The Balaban J connectivity index is 1.93. The van der Waals surface area contributed by atoms with Gasteiger partial charge in [-0.05, 0) is 44.4 Å². The summed E-state index contributed by atoms with van der Waals surface area (Å²) in [6, 6.07) is 4.69. The quantitative estimate of drug-likeness (QED) is 0.798. The van der Waals surface area contributed by atoms with Crippen LogP contribution in [0, 0.1) is 0 Å². The SMILES string of the molecule is CCCNC(CC)c1ccc(N(C)CC2CCCO2)cn1. The van der Waals surface area contributed by atoms with Gasteiger partial charge >= 0.3 is 0 Å². The Morgan fingerprint density at radius 3 is 2.86 bits per heavy atom. The second kappa shape index (κ2) is 8.35. The van der Waals surface area contributed by atoms with Gasteiger partial charge in [0.2, 0.25) is 0 Å². The monoisotopic (exact) mass is 291 g/mol. The standard InChI is InChI=1S/C17H29N3O/c1-4-10-18-16(5-2)17-9-8-14(12-19-17)20(3)13-15-7-6-11-21-15/h8-9,12,15-16,18H,4-7,10-11,13H2,1-3H3. The van der Waals surface area contributed by atoms with Crippen LogP contribution < -0.4 is 10.2 Å². The molecule has 1 aliphatic rings. The average Bonchev–Trinajstić information content (AvgIpc) is 3.01. The minimum Gasteiger partial charge on any atom is -0.376 e. The summed E-state index contributed by atoms with van der Waals surface area (Å²) in [6.07, 6.45) is 6.95. The van der Waals surface area contributed by atoms with Crippen molar-refractivity contribution in [2.24, 2.45) is 0 Å². The summed E-state index contributed by atoms with van der Waals surface area (Å²) in [5, 5.41) is 3.55. The van der Waals surface area contributed by atoms with E-state index in [0.717, 1.165) is 38.2 Å². The Labute approximate surface area is 128 Å². The van der Waals surface area contributed by atoms with Gasteiger partial charge in [-0.15, -0.1) is 0 Å². The zero-order valence-electron chi connectivity index (χ0n) is 13.6. The molecule has 2 heterocycles. The molecule has 1 N–H and O–H groups in total. The first-order valence-electron chi connectivity index (χ1n) is 8.26. The number of rotatable bonds is 8. The number of hydrogen-bond donors (Lipinski definition) is 1. The van der Waals surface area contributed by atoms with E-state index in [-0.39, 0.29) is 0 Å². The summed E-state index contributed by atoms with van der Waals surface area (Å²) in [5.74, 6) is 0. The lowest BCUT2D eigenvalue weighted by molar-refractivity contribution is 0.116. The Morgan fingerprint density at radius 1 is 1.43 bits per heavy atom. The van der Waals surface area contributed by atoms with Crippen LogP contribution in [0.15, 0.2) is 18.3 Å². The van der Waals surface area contributed by atoms with Gasteiger partial charge in [-0.1, -0.05) is 13.8 Å². The minimum atomic E-state index is 0.363. The van der Waals surface area contributed by atoms with E-state index in [0.29, 0.717) is 12.1 Å². The Bertz CT molecular complexity index is 401. The summed E-state index contributed by atoms with van der Waals surface area (Å²) in [6.45, 7) is 7.30. The van der Waals surface area contributed by atoms with Gasteiger partial charge in [-0.3, -0.25) is 4.98 Å². The number of nitrogens with one attached hydrogen (secondary N) is 1. The number of anilines is 1. The van der Waals surface area contributed by atoms with Gasteiger partial charge in [0.05, 0.1) is 23.7 Å². The zero-order chi connectivity index (χ0) is 15.1. The lowest BCUT2D eigenvalue weighted by Gasteiger charge is -2.23. The highest BCUT2D eigenvalue weighted by molar-refractivity contribution is 5.44. The molecular weight excluding hydrogens is 262 g/mol. The van der Waals surface area contributed by atoms with Crippen molar-refractivity contribution in [3.8, 4) is 0 Å². The molecule has 2 rings (SSSR count). The lowest BCUT2D eigenvalue weighted by atomic mass is 10.1. The molecule has 4 heteroatoms. The van der Waals surface area contributed by atoms with E-state index in [1.807, 2.05) is 6.20 Å². The molecule has 1 saturated heterocycles. The van der Waals surface area contributed by atoms with Crippen LogP contribution in [-0.4, -0.2) is 37.8 Å². The highest BCUT2D eigenvalue weighted by atomic mass is 16.5. The van der Waals surface area contributed by atoms with Gasteiger partial charge in [0, 0.05) is 26.2 Å². The third-order valence-corrected chi connectivity index (χ3v) is 4.12. The van der Waals surface area contributed by atoms with Crippen LogP contribution in [0.25, 0.3) is 0 Å². The van der Waals surface area contributed by atoms with Crippen molar-refractivity contribution >= 4 is 5.69 Å². The van der Waals surface area contributed by atoms with Crippen LogP contribution in [0.4, 0.5) is 5.69 Å². The van der Waals surface area contributed by atoms with Crippen LogP contribution in [0.5, 0.6) is 0 Å². The van der Waals surface area contributed by atoms with E-state index in [9.17, 15) is 0 Å². The van der Waals surface area contributed by atoms with Crippen molar-refractivity contribution in [2.45, 2.75) is 51.7 Å². The third-order valence-electron chi connectivity index (χ3n) is 4.12. The first kappa shape index (κ1) is 16.2. The van der Waals surface area contributed by atoms with Crippen molar-refractivity contribution in [2.75, 3.05) is 31.6 Å². The molecule has 21 heavy (non-hydrogen) atoms. The fraction of sp³-hybridized carbons (Fsp3) is 0.706. The molecule has 0 amide bonds. The Kier molecular flexibility index (Phi) is 6.46. The number of aromatic nitrogens is 1. The number of ether oxygens (including phenoxy) is 1. The lowest BCUT2D eigenvalue weighted by Crippen LogP contribution is -2.28. The van der Waals surface area contributed by atoms with Crippen LogP contribution in [0.2, 0.25) is 0 Å².